The van der Waals surface area contributed by atoms with Crippen molar-refractivity contribution in [3.63, 3.8) is 0 Å². The summed E-state index contributed by atoms with van der Waals surface area (Å²) in [5, 5.41) is 8.12. The van der Waals surface area contributed by atoms with E-state index in [2.05, 4.69) is 25.4 Å². The fraction of sp³-hybridized carbons (Fsp3) is 0.480. The third-order valence-electron chi connectivity index (χ3n) is 7.72. The van der Waals surface area contributed by atoms with Crippen LogP contribution in [0.25, 0.3) is 27.8 Å². The van der Waals surface area contributed by atoms with Crippen molar-refractivity contribution in [2.45, 2.75) is 58.5 Å². The number of carbonyl (C=O) groups excluding carboxylic acids is 1. The lowest BCUT2D eigenvalue weighted by Crippen LogP contribution is -2.59. The summed E-state index contributed by atoms with van der Waals surface area (Å²) in [6.45, 7) is 4.69. The standard InChI is InChI=1S/C25H28F2N8O/c1-15-30-23-20(34(15)12-22(26)27)9-17(10-28-23)19-5-8-35-21(19)11-29-24(32-35)31-18-3-6-25(7-4-18)13-33(14-25)16(2)36/h5,8-11,18,22H,3-4,6-7,12-14H2,1-2H3,(H,31,32). The van der Waals surface area contributed by atoms with Gasteiger partial charge in [0.2, 0.25) is 11.9 Å². The molecule has 1 amide bonds. The molecule has 1 saturated carbocycles. The number of amides is 1. The number of fused-ring (bicyclic) bond motifs is 2. The molecule has 1 aliphatic heterocycles. The van der Waals surface area contributed by atoms with Crippen LogP contribution in [0.15, 0.2) is 30.7 Å². The Balaban J connectivity index is 1.19. The summed E-state index contributed by atoms with van der Waals surface area (Å²) in [6, 6.07) is 4.08. The number of aromatic nitrogens is 6. The smallest absolute Gasteiger partial charge is 0.256 e. The molecular weight excluding hydrogens is 466 g/mol. The molecule has 2 aliphatic rings. The van der Waals surface area contributed by atoms with E-state index in [0.717, 1.165) is 55.4 Å². The van der Waals surface area contributed by atoms with Gasteiger partial charge in [-0.2, -0.15) is 0 Å². The van der Waals surface area contributed by atoms with Crippen molar-refractivity contribution in [1.29, 1.82) is 0 Å². The van der Waals surface area contributed by atoms with Gasteiger partial charge in [-0.05, 0) is 44.7 Å². The molecule has 36 heavy (non-hydrogen) atoms. The number of pyridine rings is 1. The highest BCUT2D eigenvalue weighted by atomic mass is 19.3. The normalized spacial score (nSPS) is 17.9. The number of alkyl halides is 2. The summed E-state index contributed by atoms with van der Waals surface area (Å²) in [7, 11) is 0. The van der Waals surface area contributed by atoms with Gasteiger partial charge in [0.05, 0.1) is 23.8 Å². The fourth-order valence-electron chi connectivity index (χ4n) is 5.70. The second-order valence-corrected chi connectivity index (χ2v) is 10.2. The van der Waals surface area contributed by atoms with Crippen LogP contribution in [0.4, 0.5) is 14.7 Å². The Bertz CT molecular complexity index is 1450. The minimum Gasteiger partial charge on any atom is -0.350 e. The molecule has 5 heterocycles. The van der Waals surface area contributed by atoms with Crippen LogP contribution in [0.2, 0.25) is 0 Å². The van der Waals surface area contributed by atoms with Crippen LogP contribution in [0.3, 0.4) is 0 Å². The predicted octanol–water partition coefficient (Wildman–Crippen LogP) is 3.92. The van der Waals surface area contributed by atoms with Crippen LogP contribution >= 0.6 is 0 Å². The van der Waals surface area contributed by atoms with Crippen LogP contribution in [-0.2, 0) is 11.3 Å². The minimum atomic E-state index is -2.47. The largest absolute Gasteiger partial charge is 0.350 e. The zero-order valence-electron chi connectivity index (χ0n) is 20.3. The number of likely N-dealkylation sites (tertiary alicyclic amines) is 1. The number of imidazole rings is 1. The number of halogens is 2. The molecule has 4 aromatic rings. The van der Waals surface area contributed by atoms with Gasteiger partial charge in [0.15, 0.2) is 5.65 Å². The summed E-state index contributed by atoms with van der Waals surface area (Å²) in [5.41, 5.74) is 3.80. The highest BCUT2D eigenvalue weighted by Crippen LogP contribution is 2.44. The maximum absolute atomic E-state index is 13.1. The van der Waals surface area contributed by atoms with Crippen molar-refractivity contribution in [1.82, 2.24) is 34.0 Å². The van der Waals surface area contributed by atoms with Crippen molar-refractivity contribution < 1.29 is 13.6 Å². The number of hydrogen-bond acceptors (Lipinski definition) is 6. The molecule has 188 valence electrons. The first-order chi connectivity index (χ1) is 17.3. The van der Waals surface area contributed by atoms with Gasteiger partial charge in [-0.25, -0.2) is 28.2 Å². The number of nitrogens with one attached hydrogen (secondary N) is 1. The van der Waals surface area contributed by atoms with E-state index in [1.807, 2.05) is 23.2 Å². The lowest BCUT2D eigenvalue weighted by molar-refractivity contribution is -0.143. The summed E-state index contributed by atoms with van der Waals surface area (Å²) >= 11 is 0. The zero-order valence-corrected chi connectivity index (χ0v) is 20.3. The van der Waals surface area contributed by atoms with Gasteiger partial charge in [-0.15, -0.1) is 5.10 Å². The molecule has 0 unspecified atom stereocenters. The molecule has 1 aliphatic carbocycles. The first kappa shape index (κ1) is 22.8. The predicted molar refractivity (Wildman–Crippen MR) is 131 cm³/mol. The van der Waals surface area contributed by atoms with Crippen LogP contribution in [0.5, 0.6) is 0 Å². The average molecular weight is 495 g/mol. The molecule has 1 saturated heterocycles. The van der Waals surface area contributed by atoms with Crippen LogP contribution in [0.1, 0.15) is 38.4 Å². The Labute approximate surface area is 206 Å². The van der Waals surface area contributed by atoms with Crippen molar-refractivity contribution in [3.05, 3.63) is 36.5 Å². The molecule has 9 nitrogen and oxygen atoms in total. The fourth-order valence-corrected chi connectivity index (χ4v) is 5.70. The molecule has 0 atom stereocenters. The first-order valence-corrected chi connectivity index (χ1v) is 12.3. The number of anilines is 1. The maximum atomic E-state index is 13.1. The van der Waals surface area contributed by atoms with E-state index in [9.17, 15) is 13.6 Å². The summed E-state index contributed by atoms with van der Waals surface area (Å²) < 4.78 is 29.5. The molecule has 11 heteroatoms. The molecule has 1 N–H and O–H groups in total. The topological polar surface area (TPSA) is 93.2 Å². The molecule has 1 spiro atoms. The lowest BCUT2D eigenvalue weighted by atomic mass is 9.67. The van der Waals surface area contributed by atoms with Crippen LogP contribution in [0, 0.1) is 12.3 Å². The highest BCUT2D eigenvalue weighted by Gasteiger charge is 2.46. The third-order valence-corrected chi connectivity index (χ3v) is 7.72. The summed E-state index contributed by atoms with van der Waals surface area (Å²) in [4.78, 5) is 26.7. The summed E-state index contributed by atoms with van der Waals surface area (Å²) in [6.07, 6.45) is 7.13. The maximum Gasteiger partial charge on any atom is 0.256 e. The van der Waals surface area contributed by atoms with Gasteiger partial charge in [-0.1, -0.05) is 0 Å². The van der Waals surface area contributed by atoms with E-state index in [1.54, 1.807) is 30.8 Å². The van der Waals surface area contributed by atoms with Gasteiger partial charge in [0, 0.05) is 55.0 Å². The van der Waals surface area contributed by atoms with E-state index in [4.69, 9.17) is 0 Å². The number of carbonyl (C=O) groups is 1. The monoisotopic (exact) mass is 494 g/mol. The van der Waals surface area contributed by atoms with Crippen molar-refractivity contribution in [3.8, 4) is 11.1 Å². The van der Waals surface area contributed by atoms with Gasteiger partial charge in [-0.3, -0.25) is 4.79 Å². The van der Waals surface area contributed by atoms with E-state index in [1.165, 1.54) is 4.57 Å². The summed E-state index contributed by atoms with van der Waals surface area (Å²) in [5.74, 6) is 1.25. The zero-order chi connectivity index (χ0) is 25.0. The van der Waals surface area contributed by atoms with E-state index in [0.29, 0.717) is 34.4 Å². The average Bonchev–Trinajstić information content (AvgIpc) is 3.38. The number of aryl methyl sites for hydroxylation is 1. The van der Waals surface area contributed by atoms with Gasteiger partial charge < -0.3 is 14.8 Å². The molecule has 0 radical (unpaired) electrons. The second-order valence-electron chi connectivity index (χ2n) is 10.2. The van der Waals surface area contributed by atoms with Crippen LogP contribution < -0.4 is 5.32 Å². The lowest BCUT2D eigenvalue weighted by Gasteiger charge is -2.53. The number of rotatable bonds is 5. The Morgan fingerprint density at radius 3 is 2.69 bits per heavy atom. The van der Waals surface area contributed by atoms with E-state index < -0.39 is 13.0 Å². The Kier molecular flexibility index (Phi) is 5.38. The number of hydrogen-bond donors (Lipinski definition) is 1. The Morgan fingerprint density at radius 2 is 1.97 bits per heavy atom. The molecular formula is C25H28F2N8O. The quantitative estimate of drug-likeness (QED) is 0.452. The Hall–Kier alpha value is -3.63. The van der Waals surface area contributed by atoms with E-state index in [-0.39, 0.29) is 5.91 Å². The minimum absolute atomic E-state index is 0.165. The van der Waals surface area contributed by atoms with Gasteiger partial charge in [0.1, 0.15) is 5.82 Å². The van der Waals surface area contributed by atoms with Gasteiger partial charge in [0.25, 0.3) is 6.43 Å². The SMILES string of the molecule is CC(=O)N1CC2(CCC(Nc3ncc4c(-c5cnc6nc(C)n(CC(F)F)c6c5)ccn4n3)CC2)C1. The van der Waals surface area contributed by atoms with Crippen molar-refractivity contribution in [2.24, 2.45) is 5.41 Å². The Morgan fingerprint density at radius 1 is 1.19 bits per heavy atom. The molecule has 6 rings (SSSR count). The molecule has 4 aromatic heterocycles. The molecule has 0 aromatic carbocycles. The second kappa shape index (κ2) is 8.49. The van der Waals surface area contributed by atoms with E-state index >= 15 is 0 Å². The van der Waals surface area contributed by atoms with Crippen molar-refractivity contribution in [2.75, 3.05) is 18.4 Å². The van der Waals surface area contributed by atoms with Gasteiger partial charge >= 0.3 is 0 Å². The number of nitrogens with zero attached hydrogens (tertiary/aromatic N) is 7. The van der Waals surface area contributed by atoms with Crippen molar-refractivity contribution >= 4 is 28.5 Å². The molecule has 0 bridgehead atoms. The first-order valence-electron chi connectivity index (χ1n) is 12.3. The third kappa shape index (κ3) is 3.96. The highest BCUT2D eigenvalue weighted by molar-refractivity contribution is 5.85. The molecule has 2 fully saturated rings. The van der Waals surface area contributed by atoms with Crippen LogP contribution in [-0.4, -0.2) is 65.5 Å².